The first-order valence-corrected chi connectivity index (χ1v) is 12.4. The summed E-state index contributed by atoms with van der Waals surface area (Å²) in [7, 11) is -2.22. The van der Waals surface area contributed by atoms with E-state index in [2.05, 4.69) is 15.0 Å². The molecule has 7 nitrogen and oxygen atoms in total. The lowest BCUT2D eigenvalue weighted by Crippen LogP contribution is -2.26. The molecule has 0 aliphatic carbocycles. The molecule has 0 radical (unpaired) electrons. The van der Waals surface area contributed by atoms with E-state index in [-0.39, 0.29) is 17.2 Å². The molecular formula is C20H23N3O4S3. The molecular weight excluding hydrogens is 442 g/mol. The van der Waals surface area contributed by atoms with Crippen LogP contribution in [-0.4, -0.2) is 39.4 Å². The first-order chi connectivity index (χ1) is 14.3. The molecule has 0 bridgehead atoms. The van der Waals surface area contributed by atoms with E-state index in [4.69, 9.17) is 4.74 Å². The van der Waals surface area contributed by atoms with Crippen LogP contribution in [0.1, 0.15) is 32.1 Å². The van der Waals surface area contributed by atoms with E-state index in [9.17, 15) is 13.2 Å². The van der Waals surface area contributed by atoms with Crippen molar-refractivity contribution in [1.82, 2.24) is 9.71 Å². The molecule has 0 saturated heterocycles. The van der Waals surface area contributed by atoms with E-state index in [0.717, 1.165) is 16.0 Å². The van der Waals surface area contributed by atoms with Crippen molar-refractivity contribution in [3.8, 4) is 5.75 Å². The zero-order chi connectivity index (χ0) is 21.7. The highest BCUT2D eigenvalue weighted by atomic mass is 32.2. The fourth-order valence-electron chi connectivity index (χ4n) is 2.74. The quantitative estimate of drug-likeness (QED) is 0.349. The molecule has 3 aromatic rings. The highest BCUT2D eigenvalue weighted by molar-refractivity contribution is 7.89. The molecule has 2 aromatic heterocycles. The Morgan fingerprint density at radius 2 is 2.00 bits per heavy atom. The molecule has 0 spiro atoms. The number of nitrogens with zero attached hydrogens (tertiary/aromatic N) is 1. The highest BCUT2D eigenvalue weighted by Gasteiger charge is 2.19. The van der Waals surface area contributed by atoms with Crippen LogP contribution < -0.4 is 14.8 Å². The maximum Gasteiger partial charge on any atom is 0.244 e. The number of anilines is 1. The summed E-state index contributed by atoms with van der Waals surface area (Å²) >= 11 is 2.72. The average Bonchev–Trinajstić information content (AvgIpc) is 3.36. The van der Waals surface area contributed by atoms with Gasteiger partial charge in [-0.2, -0.15) is 0 Å². The molecule has 0 aliphatic rings. The Bertz CT molecular complexity index is 1140. The maximum absolute atomic E-state index is 12.6. The molecule has 0 atom stereocenters. The van der Waals surface area contributed by atoms with Crippen molar-refractivity contribution in [2.24, 2.45) is 0 Å². The average molecular weight is 466 g/mol. The van der Waals surface area contributed by atoms with Crippen LogP contribution >= 0.6 is 22.7 Å². The fourth-order valence-corrected chi connectivity index (χ4v) is 5.80. The second-order valence-corrected chi connectivity index (χ2v) is 10.3. The van der Waals surface area contributed by atoms with Gasteiger partial charge >= 0.3 is 0 Å². The van der Waals surface area contributed by atoms with Crippen LogP contribution in [0.5, 0.6) is 5.75 Å². The van der Waals surface area contributed by atoms with Gasteiger partial charge in [-0.25, -0.2) is 18.1 Å². The molecule has 10 heteroatoms. The lowest BCUT2D eigenvalue weighted by molar-refractivity contribution is 0.104. The normalized spacial score (nSPS) is 11.4. The SMILES string of the molecule is COc1ccc(C)cc1S(=O)(=O)NCCCNc1ncc(C(=O)c2sccc2C)s1. The number of aromatic nitrogens is 1. The van der Waals surface area contributed by atoms with Gasteiger partial charge in [-0.3, -0.25) is 4.79 Å². The van der Waals surface area contributed by atoms with Gasteiger partial charge in [0, 0.05) is 13.1 Å². The molecule has 3 rings (SSSR count). The number of thiophene rings is 1. The largest absolute Gasteiger partial charge is 0.495 e. The maximum atomic E-state index is 12.6. The number of ketones is 1. The third-order valence-electron chi connectivity index (χ3n) is 4.33. The molecule has 0 unspecified atom stereocenters. The van der Waals surface area contributed by atoms with Crippen molar-refractivity contribution in [3.63, 3.8) is 0 Å². The first-order valence-electron chi connectivity index (χ1n) is 9.24. The van der Waals surface area contributed by atoms with E-state index >= 15 is 0 Å². The molecule has 2 N–H and O–H groups in total. The van der Waals surface area contributed by atoms with Gasteiger partial charge in [0.2, 0.25) is 15.8 Å². The minimum Gasteiger partial charge on any atom is -0.495 e. The van der Waals surface area contributed by atoms with Gasteiger partial charge in [0.25, 0.3) is 0 Å². The summed E-state index contributed by atoms with van der Waals surface area (Å²) in [6, 6.07) is 6.95. The smallest absolute Gasteiger partial charge is 0.244 e. The lowest BCUT2D eigenvalue weighted by Gasteiger charge is -2.11. The number of benzene rings is 1. The predicted octanol–water partition coefficient (Wildman–Crippen LogP) is 3.84. The summed E-state index contributed by atoms with van der Waals surface area (Å²) in [5.41, 5.74) is 1.80. The Balaban J connectivity index is 1.50. The van der Waals surface area contributed by atoms with Crippen LogP contribution in [0.2, 0.25) is 0 Å². The molecule has 30 heavy (non-hydrogen) atoms. The highest BCUT2D eigenvalue weighted by Crippen LogP contribution is 2.26. The van der Waals surface area contributed by atoms with Crippen LogP contribution in [0.3, 0.4) is 0 Å². The topological polar surface area (TPSA) is 97.4 Å². The van der Waals surface area contributed by atoms with E-state index in [1.54, 1.807) is 24.4 Å². The Kier molecular flexibility index (Phi) is 7.24. The summed E-state index contributed by atoms with van der Waals surface area (Å²) in [5.74, 6) is 0.292. The number of rotatable bonds is 10. The summed E-state index contributed by atoms with van der Waals surface area (Å²) in [6.07, 6.45) is 2.13. The van der Waals surface area contributed by atoms with Crippen molar-refractivity contribution in [2.75, 3.05) is 25.5 Å². The number of carbonyl (C=O) groups excluding carboxylic acids is 1. The third-order valence-corrected chi connectivity index (χ3v) is 7.78. The number of hydrogen-bond donors (Lipinski definition) is 2. The number of thiazole rings is 1. The number of hydrogen-bond acceptors (Lipinski definition) is 8. The fraction of sp³-hybridized carbons (Fsp3) is 0.300. The zero-order valence-electron chi connectivity index (χ0n) is 16.9. The van der Waals surface area contributed by atoms with Gasteiger partial charge in [-0.05, 0) is 55.0 Å². The minimum atomic E-state index is -3.67. The standard InChI is InChI=1S/C20H23N3O4S3/c1-13-5-6-15(27-3)17(11-13)30(25,26)23-9-4-8-21-20-22-12-16(29-20)18(24)19-14(2)7-10-28-19/h5-7,10-12,23H,4,8-9H2,1-3H3,(H,21,22). The summed E-state index contributed by atoms with van der Waals surface area (Å²) in [5, 5.41) is 5.67. The number of sulfonamides is 1. The van der Waals surface area contributed by atoms with Crippen LogP contribution in [0.4, 0.5) is 5.13 Å². The van der Waals surface area contributed by atoms with Crippen LogP contribution in [0.25, 0.3) is 0 Å². The lowest BCUT2D eigenvalue weighted by atomic mass is 10.2. The molecule has 0 aliphatic heterocycles. The number of nitrogens with one attached hydrogen (secondary N) is 2. The second kappa shape index (κ2) is 9.69. The second-order valence-electron chi connectivity index (χ2n) is 6.62. The minimum absolute atomic E-state index is 0.0205. The molecule has 0 fully saturated rings. The van der Waals surface area contributed by atoms with Gasteiger partial charge in [0.05, 0.1) is 23.1 Å². The Hall–Kier alpha value is -2.27. The molecule has 0 saturated carbocycles. The number of ether oxygens (including phenoxy) is 1. The first kappa shape index (κ1) is 22.4. The summed E-state index contributed by atoms with van der Waals surface area (Å²) < 4.78 is 32.9. The Labute approximate surface area is 184 Å². The molecule has 160 valence electrons. The van der Waals surface area contributed by atoms with Gasteiger partial charge < -0.3 is 10.1 Å². The van der Waals surface area contributed by atoms with E-state index in [1.165, 1.54) is 29.8 Å². The molecule has 1 aromatic carbocycles. The number of methoxy groups -OCH3 is 1. The van der Waals surface area contributed by atoms with Crippen molar-refractivity contribution in [2.45, 2.75) is 25.2 Å². The third kappa shape index (κ3) is 5.25. The Morgan fingerprint density at radius 1 is 1.20 bits per heavy atom. The summed E-state index contributed by atoms with van der Waals surface area (Å²) in [6.45, 7) is 4.52. The number of aryl methyl sites for hydroxylation is 2. The van der Waals surface area contributed by atoms with Crippen LogP contribution in [0.15, 0.2) is 40.7 Å². The summed E-state index contributed by atoms with van der Waals surface area (Å²) in [4.78, 5) is 18.2. The van der Waals surface area contributed by atoms with E-state index in [0.29, 0.717) is 28.7 Å². The number of carbonyl (C=O) groups is 1. The van der Waals surface area contributed by atoms with Gasteiger partial charge in [0.1, 0.15) is 10.6 Å². The van der Waals surface area contributed by atoms with Crippen molar-refractivity contribution in [3.05, 3.63) is 56.7 Å². The van der Waals surface area contributed by atoms with Gasteiger partial charge in [-0.1, -0.05) is 17.4 Å². The predicted molar refractivity (Wildman–Crippen MR) is 121 cm³/mol. The monoisotopic (exact) mass is 465 g/mol. The molecule has 2 heterocycles. The van der Waals surface area contributed by atoms with Crippen LogP contribution in [0, 0.1) is 13.8 Å². The van der Waals surface area contributed by atoms with Crippen LogP contribution in [-0.2, 0) is 10.0 Å². The van der Waals surface area contributed by atoms with E-state index in [1.807, 2.05) is 25.3 Å². The van der Waals surface area contributed by atoms with Gasteiger partial charge in [-0.15, -0.1) is 11.3 Å². The van der Waals surface area contributed by atoms with Crippen molar-refractivity contribution in [1.29, 1.82) is 0 Å². The van der Waals surface area contributed by atoms with Gasteiger partial charge in [0.15, 0.2) is 5.13 Å². The van der Waals surface area contributed by atoms with Crippen molar-refractivity contribution >= 4 is 43.6 Å². The zero-order valence-corrected chi connectivity index (χ0v) is 19.3. The van der Waals surface area contributed by atoms with Crippen molar-refractivity contribution < 1.29 is 17.9 Å². The molecule has 0 amide bonds. The van der Waals surface area contributed by atoms with E-state index < -0.39 is 10.0 Å². The Morgan fingerprint density at radius 3 is 2.70 bits per heavy atom.